The molecule has 0 bridgehead atoms. The van der Waals surface area contributed by atoms with Crippen molar-refractivity contribution >= 4 is 17.4 Å². The van der Waals surface area contributed by atoms with Gasteiger partial charge in [-0.3, -0.25) is 9.78 Å². The summed E-state index contributed by atoms with van der Waals surface area (Å²) in [6, 6.07) is 27.7. The van der Waals surface area contributed by atoms with Gasteiger partial charge in [-0.05, 0) is 47.9 Å². The van der Waals surface area contributed by atoms with E-state index in [1.54, 1.807) is 12.4 Å². The average Bonchev–Trinajstić information content (AvgIpc) is 2.81. The van der Waals surface area contributed by atoms with Crippen LogP contribution in [0.3, 0.4) is 0 Å². The number of anilines is 2. The number of aromatic nitrogens is 2. The first-order valence-corrected chi connectivity index (χ1v) is 10.2. The predicted octanol–water partition coefficient (Wildman–Crippen LogP) is 5.31. The number of hydrogen-bond donors (Lipinski definition) is 2. The fourth-order valence-corrected chi connectivity index (χ4v) is 3.32. The molecule has 31 heavy (non-hydrogen) atoms. The smallest absolute Gasteiger partial charge is 0.224 e. The SMILES string of the molecule is C[C@@H](NC(=O)Cc1ccc(-c2ccccc2)cc1)c1ccc(Nc2ccccn2)cn1. The Kier molecular flexibility index (Phi) is 6.33. The molecule has 0 fully saturated rings. The minimum absolute atomic E-state index is 0.0301. The molecule has 0 saturated heterocycles. The highest BCUT2D eigenvalue weighted by molar-refractivity contribution is 5.79. The van der Waals surface area contributed by atoms with Gasteiger partial charge in [0.1, 0.15) is 5.82 Å². The number of rotatable bonds is 7. The minimum Gasteiger partial charge on any atom is -0.348 e. The number of carbonyl (C=O) groups is 1. The van der Waals surface area contributed by atoms with Gasteiger partial charge in [0.25, 0.3) is 0 Å². The maximum absolute atomic E-state index is 12.5. The molecule has 2 aromatic carbocycles. The number of nitrogens with one attached hydrogen (secondary N) is 2. The second-order valence-electron chi connectivity index (χ2n) is 7.34. The lowest BCUT2D eigenvalue weighted by atomic mass is 10.0. The molecule has 1 amide bonds. The van der Waals surface area contributed by atoms with Gasteiger partial charge < -0.3 is 10.6 Å². The molecule has 5 nitrogen and oxygen atoms in total. The molecule has 0 aliphatic carbocycles. The molecule has 5 heteroatoms. The van der Waals surface area contributed by atoms with E-state index in [1.807, 2.05) is 67.6 Å². The molecule has 0 aliphatic heterocycles. The zero-order valence-corrected chi connectivity index (χ0v) is 17.3. The standard InChI is InChI=1S/C26H24N4O/c1-19(24-15-14-23(18-28-24)30-25-9-5-6-16-27-25)29-26(31)17-20-10-12-22(13-11-20)21-7-3-2-4-8-21/h2-16,18-19H,17H2,1H3,(H,27,30)(H,29,31)/t19-/m1/s1. The highest BCUT2D eigenvalue weighted by Gasteiger charge is 2.12. The molecule has 4 rings (SSSR count). The Morgan fingerprint density at radius 1 is 0.839 bits per heavy atom. The summed E-state index contributed by atoms with van der Waals surface area (Å²) in [6.07, 6.45) is 3.81. The third kappa shape index (κ3) is 5.54. The van der Waals surface area contributed by atoms with Crippen molar-refractivity contribution in [3.8, 4) is 11.1 Å². The van der Waals surface area contributed by atoms with Crippen LogP contribution in [0.2, 0.25) is 0 Å². The van der Waals surface area contributed by atoms with E-state index in [-0.39, 0.29) is 11.9 Å². The number of carbonyl (C=O) groups excluding carboxylic acids is 1. The molecule has 2 aromatic heterocycles. The quantitative estimate of drug-likeness (QED) is 0.435. The van der Waals surface area contributed by atoms with Crippen LogP contribution in [-0.2, 0) is 11.2 Å². The van der Waals surface area contributed by atoms with Crippen LogP contribution in [0, 0.1) is 0 Å². The lowest BCUT2D eigenvalue weighted by Gasteiger charge is -2.14. The monoisotopic (exact) mass is 408 g/mol. The Balaban J connectivity index is 1.32. The van der Waals surface area contributed by atoms with Crippen molar-refractivity contribution in [3.63, 3.8) is 0 Å². The summed E-state index contributed by atoms with van der Waals surface area (Å²) in [6.45, 7) is 1.94. The van der Waals surface area contributed by atoms with Gasteiger partial charge in [0.05, 0.1) is 30.0 Å². The van der Waals surface area contributed by atoms with Crippen molar-refractivity contribution in [1.82, 2.24) is 15.3 Å². The van der Waals surface area contributed by atoms with Crippen LogP contribution in [0.4, 0.5) is 11.5 Å². The highest BCUT2D eigenvalue weighted by atomic mass is 16.1. The van der Waals surface area contributed by atoms with Crippen molar-refractivity contribution in [3.05, 3.63) is 109 Å². The molecule has 2 N–H and O–H groups in total. The molecule has 0 spiro atoms. The molecule has 0 unspecified atom stereocenters. The van der Waals surface area contributed by atoms with E-state index in [9.17, 15) is 4.79 Å². The van der Waals surface area contributed by atoms with E-state index in [1.165, 1.54) is 5.56 Å². The molecule has 1 atom stereocenters. The topological polar surface area (TPSA) is 66.9 Å². The van der Waals surface area contributed by atoms with E-state index >= 15 is 0 Å². The first-order valence-electron chi connectivity index (χ1n) is 10.2. The fourth-order valence-electron chi connectivity index (χ4n) is 3.32. The van der Waals surface area contributed by atoms with E-state index in [4.69, 9.17) is 0 Å². The van der Waals surface area contributed by atoms with Gasteiger partial charge in [-0.1, -0.05) is 60.7 Å². The first kappa shape index (κ1) is 20.3. The third-order valence-corrected chi connectivity index (χ3v) is 4.97. The summed E-state index contributed by atoms with van der Waals surface area (Å²) in [4.78, 5) is 21.2. The molecule has 154 valence electrons. The maximum Gasteiger partial charge on any atom is 0.224 e. The van der Waals surface area contributed by atoms with Crippen LogP contribution >= 0.6 is 0 Å². The number of benzene rings is 2. The van der Waals surface area contributed by atoms with Gasteiger partial charge in [0.15, 0.2) is 0 Å². The summed E-state index contributed by atoms with van der Waals surface area (Å²) in [5.41, 5.74) is 4.94. The molecular formula is C26H24N4O. The second kappa shape index (κ2) is 9.67. The molecular weight excluding hydrogens is 384 g/mol. The first-order chi connectivity index (χ1) is 15.2. The van der Waals surface area contributed by atoms with E-state index in [2.05, 4.69) is 44.9 Å². The molecule has 0 aliphatic rings. The largest absolute Gasteiger partial charge is 0.348 e. The average molecular weight is 409 g/mol. The van der Waals surface area contributed by atoms with Crippen LogP contribution in [-0.4, -0.2) is 15.9 Å². The summed E-state index contributed by atoms with van der Waals surface area (Å²) >= 11 is 0. The van der Waals surface area contributed by atoms with Gasteiger partial charge in [0, 0.05) is 6.20 Å². The van der Waals surface area contributed by atoms with Gasteiger partial charge >= 0.3 is 0 Å². The predicted molar refractivity (Wildman–Crippen MR) is 124 cm³/mol. The zero-order valence-electron chi connectivity index (χ0n) is 17.3. The normalized spacial score (nSPS) is 11.5. The van der Waals surface area contributed by atoms with Crippen LogP contribution in [0.25, 0.3) is 11.1 Å². The Hall–Kier alpha value is -3.99. The van der Waals surface area contributed by atoms with Gasteiger partial charge in [-0.2, -0.15) is 0 Å². The Morgan fingerprint density at radius 3 is 2.26 bits per heavy atom. The molecule has 4 aromatic rings. The second-order valence-corrected chi connectivity index (χ2v) is 7.34. The number of pyridine rings is 2. The van der Waals surface area contributed by atoms with E-state index < -0.39 is 0 Å². The highest BCUT2D eigenvalue weighted by Crippen LogP contribution is 2.20. The lowest BCUT2D eigenvalue weighted by Crippen LogP contribution is -2.28. The Bertz CT molecular complexity index is 1110. The maximum atomic E-state index is 12.5. The van der Waals surface area contributed by atoms with Crippen LogP contribution < -0.4 is 10.6 Å². The summed E-state index contributed by atoms with van der Waals surface area (Å²) in [5.74, 6) is 0.731. The molecule has 0 saturated carbocycles. The van der Waals surface area contributed by atoms with Crippen molar-refractivity contribution in [1.29, 1.82) is 0 Å². The van der Waals surface area contributed by atoms with E-state index in [0.717, 1.165) is 28.3 Å². The molecule has 2 heterocycles. The minimum atomic E-state index is -0.181. The van der Waals surface area contributed by atoms with Gasteiger partial charge in [-0.25, -0.2) is 4.98 Å². The van der Waals surface area contributed by atoms with Crippen molar-refractivity contribution < 1.29 is 4.79 Å². The fraction of sp³-hybridized carbons (Fsp3) is 0.115. The van der Waals surface area contributed by atoms with E-state index in [0.29, 0.717) is 6.42 Å². The van der Waals surface area contributed by atoms with Gasteiger partial charge in [-0.15, -0.1) is 0 Å². The van der Waals surface area contributed by atoms with Crippen molar-refractivity contribution in [2.24, 2.45) is 0 Å². The van der Waals surface area contributed by atoms with Crippen molar-refractivity contribution in [2.45, 2.75) is 19.4 Å². The Morgan fingerprint density at radius 2 is 1.58 bits per heavy atom. The number of hydrogen-bond acceptors (Lipinski definition) is 4. The summed E-state index contributed by atoms with van der Waals surface area (Å²) in [5, 5.41) is 6.22. The molecule has 0 radical (unpaired) electrons. The summed E-state index contributed by atoms with van der Waals surface area (Å²) in [7, 11) is 0. The van der Waals surface area contributed by atoms with Crippen LogP contribution in [0.15, 0.2) is 97.3 Å². The zero-order chi connectivity index (χ0) is 21.5. The van der Waals surface area contributed by atoms with Gasteiger partial charge in [0.2, 0.25) is 5.91 Å². The number of amides is 1. The van der Waals surface area contributed by atoms with Crippen LogP contribution in [0.5, 0.6) is 0 Å². The van der Waals surface area contributed by atoms with Crippen molar-refractivity contribution in [2.75, 3.05) is 5.32 Å². The number of nitrogens with zero attached hydrogens (tertiary/aromatic N) is 2. The lowest BCUT2D eigenvalue weighted by molar-refractivity contribution is -0.121. The van der Waals surface area contributed by atoms with Crippen LogP contribution in [0.1, 0.15) is 24.2 Å². The third-order valence-electron chi connectivity index (χ3n) is 4.97. The Labute approximate surface area is 182 Å². The summed E-state index contributed by atoms with van der Waals surface area (Å²) < 4.78 is 0.